The predicted octanol–water partition coefficient (Wildman–Crippen LogP) is 5.26. The first-order chi connectivity index (χ1) is 15.0. The van der Waals surface area contributed by atoms with E-state index in [0.717, 1.165) is 17.7 Å². The van der Waals surface area contributed by atoms with Gasteiger partial charge in [-0.05, 0) is 31.0 Å². The second-order valence-electron chi connectivity index (χ2n) is 7.18. The maximum Gasteiger partial charge on any atom is 0.261 e. The number of carbonyl (C=O) groups excluding carboxylic acids is 3. The van der Waals surface area contributed by atoms with Crippen LogP contribution in [0.4, 0.5) is 5.13 Å². The molecule has 4 rings (SSSR count). The van der Waals surface area contributed by atoms with Crippen LogP contribution >= 0.6 is 22.9 Å². The van der Waals surface area contributed by atoms with Gasteiger partial charge < -0.3 is 5.32 Å². The molecule has 3 amide bonds. The van der Waals surface area contributed by atoms with E-state index < -0.39 is 0 Å². The van der Waals surface area contributed by atoms with Crippen molar-refractivity contribution in [2.45, 2.75) is 25.7 Å². The maximum absolute atomic E-state index is 12.3. The van der Waals surface area contributed by atoms with Crippen molar-refractivity contribution in [1.82, 2.24) is 9.88 Å². The van der Waals surface area contributed by atoms with Crippen molar-refractivity contribution in [2.75, 3.05) is 11.9 Å². The Morgan fingerprint density at radius 3 is 2.26 bits per heavy atom. The standard InChI is InChI=1S/C23H20ClN3O3S/c24-18-11-6-5-10-17(18)19-14-31-23(25-19)26-20(28)12-2-1-7-13-27-21(29)15-8-3-4-9-16(15)22(27)30/h3-6,8-11,14H,1-2,7,12-13H2,(H,25,26,28). The summed E-state index contributed by atoms with van der Waals surface area (Å²) >= 11 is 7.55. The quantitative estimate of drug-likeness (QED) is 0.372. The fraction of sp³-hybridized carbons (Fsp3) is 0.217. The zero-order valence-electron chi connectivity index (χ0n) is 16.6. The van der Waals surface area contributed by atoms with E-state index in [2.05, 4.69) is 10.3 Å². The fourth-order valence-electron chi connectivity index (χ4n) is 3.48. The summed E-state index contributed by atoms with van der Waals surface area (Å²) in [6, 6.07) is 14.3. The number of nitrogens with one attached hydrogen (secondary N) is 1. The number of halogens is 1. The van der Waals surface area contributed by atoms with Gasteiger partial charge in [-0.3, -0.25) is 19.3 Å². The third kappa shape index (κ3) is 4.68. The van der Waals surface area contributed by atoms with Crippen molar-refractivity contribution in [1.29, 1.82) is 0 Å². The van der Waals surface area contributed by atoms with Crippen molar-refractivity contribution in [3.8, 4) is 11.3 Å². The van der Waals surface area contributed by atoms with Gasteiger partial charge >= 0.3 is 0 Å². The van der Waals surface area contributed by atoms with Crippen LogP contribution in [0, 0.1) is 0 Å². The number of hydrogen-bond donors (Lipinski definition) is 1. The molecule has 0 aliphatic carbocycles. The van der Waals surface area contributed by atoms with E-state index in [4.69, 9.17) is 11.6 Å². The zero-order chi connectivity index (χ0) is 21.8. The van der Waals surface area contributed by atoms with Gasteiger partial charge in [0.05, 0.1) is 16.8 Å². The molecule has 1 aromatic heterocycles. The van der Waals surface area contributed by atoms with Crippen molar-refractivity contribution < 1.29 is 14.4 Å². The molecule has 158 valence electrons. The molecule has 0 bridgehead atoms. The minimum absolute atomic E-state index is 0.110. The molecule has 0 unspecified atom stereocenters. The van der Waals surface area contributed by atoms with Gasteiger partial charge in [-0.1, -0.05) is 48.4 Å². The second kappa shape index (κ2) is 9.41. The lowest BCUT2D eigenvalue weighted by Gasteiger charge is -2.13. The average Bonchev–Trinajstić information content (AvgIpc) is 3.32. The van der Waals surface area contributed by atoms with Crippen LogP contribution in [0.15, 0.2) is 53.9 Å². The van der Waals surface area contributed by atoms with E-state index in [1.54, 1.807) is 30.3 Å². The third-order valence-electron chi connectivity index (χ3n) is 5.06. The van der Waals surface area contributed by atoms with Gasteiger partial charge in [0.2, 0.25) is 5.91 Å². The Morgan fingerprint density at radius 2 is 1.58 bits per heavy atom. The van der Waals surface area contributed by atoms with E-state index in [1.807, 2.05) is 23.6 Å². The highest BCUT2D eigenvalue weighted by Crippen LogP contribution is 2.30. The lowest BCUT2D eigenvalue weighted by molar-refractivity contribution is -0.116. The van der Waals surface area contributed by atoms with Gasteiger partial charge in [0.15, 0.2) is 5.13 Å². The van der Waals surface area contributed by atoms with Crippen molar-refractivity contribution >= 4 is 45.8 Å². The first-order valence-corrected chi connectivity index (χ1v) is 11.3. The number of aromatic nitrogens is 1. The highest BCUT2D eigenvalue weighted by atomic mass is 35.5. The van der Waals surface area contributed by atoms with Gasteiger partial charge in [-0.15, -0.1) is 11.3 Å². The van der Waals surface area contributed by atoms with Crippen LogP contribution in [0.25, 0.3) is 11.3 Å². The second-order valence-corrected chi connectivity index (χ2v) is 8.45. The summed E-state index contributed by atoms with van der Waals surface area (Å²) in [7, 11) is 0. The monoisotopic (exact) mass is 453 g/mol. The van der Waals surface area contributed by atoms with Crippen molar-refractivity contribution in [3.05, 3.63) is 70.1 Å². The molecule has 1 aliphatic heterocycles. The number of fused-ring (bicyclic) bond motifs is 1. The Morgan fingerprint density at radius 1 is 0.935 bits per heavy atom. The Labute approximate surface area is 188 Å². The Kier molecular flexibility index (Phi) is 6.44. The third-order valence-corrected chi connectivity index (χ3v) is 6.15. The van der Waals surface area contributed by atoms with E-state index in [-0.39, 0.29) is 17.7 Å². The minimum atomic E-state index is -0.239. The summed E-state index contributed by atoms with van der Waals surface area (Å²) in [5.41, 5.74) is 2.49. The largest absolute Gasteiger partial charge is 0.302 e. The molecule has 6 nitrogen and oxygen atoms in total. The summed E-state index contributed by atoms with van der Waals surface area (Å²) in [6.45, 7) is 0.363. The maximum atomic E-state index is 12.3. The first kappa shape index (κ1) is 21.2. The van der Waals surface area contributed by atoms with Crippen LogP contribution in [0.1, 0.15) is 46.4 Å². The molecule has 31 heavy (non-hydrogen) atoms. The van der Waals surface area contributed by atoms with E-state index >= 15 is 0 Å². The van der Waals surface area contributed by atoms with Crippen LogP contribution < -0.4 is 5.32 Å². The number of rotatable bonds is 8. The molecular formula is C23H20ClN3O3S. The highest BCUT2D eigenvalue weighted by Gasteiger charge is 2.34. The Hall–Kier alpha value is -3.03. The molecule has 8 heteroatoms. The molecule has 2 aromatic carbocycles. The molecule has 1 N–H and O–H groups in total. The van der Waals surface area contributed by atoms with E-state index in [0.29, 0.717) is 47.1 Å². The van der Waals surface area contributed by atoms with Crippen LogP contribution in [0.2, 0.25) is 5.02 Å². The Bertz CT molecular complexity index is 1110. The number of thiazole rings is 1. The molecule has 0 saturated heterocycles. The lowest BCUT2D eigenvalue weighted by Crippen LogP contribution is -2.30. The van der Waals surface area contributed by atoms with Crippen molar-refractivity contribution in [3.63, 3.8) is 0 Å². The van der Waals surface area contributed by atoms with Crippen LogP contribution in [-0.4, -0.2) is 34.2 Å². The fourth-order valence-corrected chi connectivity index (χ4v) is 4.44. The summed E-state index contributed by atoms with van der Waals surface area (Å²) < 4.78 is 0. The number of carbonyl (C=O) groups is 3. The van der Waals surface area contributed by atoms with E-state index in [1.165, 1.54) is 16.2 Å². The SMILES string of the molecule is O=C(CCCCCN1C(=O)c2ccccc2C1=O)Nc1nc(-c2ccccc2Cl)cs1. The smallest absolute Gasteiger partial charge is 0.261 e. The number of hydrogen-bond acceptors (Lipinski definition) is 5. The molecule has 0 atom stereocenters. The molecule has 2 heterocycles. The van der Waals surface area contributed by atoms with Gasteiger partial charge in [0.25, 0.3) is 11.8 Å². The van der Waals surface area contributed by atoms with Crippen LogP contribution in [-0.2, 0) is 4.79 Å². The number of nitrogens with zero attached hydrogens (tertiary/aromatic N) is 2. The predicted molar refractivity (Wildman–Crippen MR) is 121 cm³/mol. The Balaban J connectivity index is 1.20. The molecule has 3 aromatic rings. The van der Waals surface area contributed by atoms with Crippen LogP contribution in [0.3, 0.4) is 0 Å². The number of amides is 3. The normalized spacial score (nSPS) is 12.9. The molecule has 0 saturated carbocycles. The number of imide groups is 1. The summed E-state index contributed by atoms with van der Waals surface area (Å²) in [5.74, 6) is -0.589. The average molecular weight is 454 g/mol. The molecule has 0 fully saturated rings. The van der Waals surface area contributed by atoms with Crippen molar-refractivity contribution in [2.24, 2.45) is 0 Å². The zero-order valence-corrected chi connectivity index (χ0v) is 18.2. The van der Waals surface area contributed by atoms with Gasteiger partial charge in [0, 0.05) is 28.9 Å². The van der Waals surface area contributed by atoms with Crippen LogP contribution in [0.5, 0.6) is 0 Å². The number of unbranched alkanes of at least 4 members (excludes halogenated alkanes) is 2. The summed E-state index contributed by atoms with van der Waals surface area (Å²) in [5, 5.41) is 5.82. The highest BCUT2D eigenvalue weighted by molar-refractivity contribution is 7.14. The van der Waals surface area contributed by atoms with Gasteiger partial charge in [-0.25, -0.2) is 4.98 Å². The molecular weight excluding hydrogens is 434 g/mol. The lowest BCUT2D eigenvalue weighted by atomic mass is 10.1. The summed E-state index contributed by atoms with van der Waals surface area (Å²) in [6.07, 6.45) is 2.41. The van der Waals surface area contributed by atoms with E-state index in [9.17, 15) is 14.4 Å². The minimum Gasteiger partial charge on any atom is -0.302 e. The molecule has 0 spiro atoms. The molecule has 1 aliphatic rings. The number of anilines is 1. The number of benzene rings is 2. The topological polar surface area (TPSA) is 79.4 Å². The summed E-state index contributed by atoms with van der Waals surface area (Å²) in [4.78, 5) is 42.6. The van der Waals surface area contributed by atoms with Gasteiger partial charge in [0.1, 0.15) is 0 Å². The van der Waals surface area contributed by atoms with Gasteiger partial charge in [-0.2, -0.15) is 0 Å². The first-order valence-electron chi connectivity index (χ1n) is 10.00. The molecule has 0 radical (unpaired) electrons.